The molecule has 7 rings (SSSR count). The zero-order chi connectivity index (χ0) is 37.2. The van der Waals surface area contributed by atoms with Crippen LogP contribution in [-0.2, 0) is 21.0 Å². The molecule has 0 amide bonds. The number of hydrogen-bond acceptors (Lipinski definition) is 6. The van der Waals surface area contributed by atoms with Gasteiger partial charge in [-0.15, -0.1) is 0 Å². The first kappa shape index (κ1) is 39.2. The van der Waals surface area contributed by atoms with Gasteiger partial charge in [0, 0.05) is 18.2 Å². The second-order valence-corrected chi connectivity index (χ2v) is 18.2. The van der Waals surface area contributed by atoms with Gasteiger partial charge in [-0.2, -0.15) is 0 Å². The van der Waals surface area contributed by atoms with Crippen LogP contribution in [0.25, 0.3) is 0 Å². The molecule has 284 valence electrons. The van der Waals surface area contributed by atoms with Crippen molar-refractivity contribution >= 4 is 21.0 Å². The van der Waals surface area contributed by atoms with Crippen LogP contribution in [0.3, 0.4) is 0 Å². The highest BCUT2D eigenvalue weighted by atomic mass is 32.2. The van der Waals surface area contributed by atoms with Crippen molar-refractivity contribution in [1.29, 1.82) is 0 Å². The fourth-order valence-corrected chi connectivity index (χ4v) is 11.9. The van der Waals surface area contributed by atoms with E-state index >= 15 is 0 Å². The Morgan fingerprint density at radius 3 is 1.17 bits per heavy atom. The summed E-state index contributed by atoms with van der Waals surface area (Å²) in [6, 6.07) is 28.9. The minimum Gasteiger partial charge on any atom is -0.744 e. The molecule has 0 heterocycles. The third-order valence-electron chi connectivity index (χ3n) is 11.4. The first-order valence-corrected chi connectivity index (χ1v) is 22.2. The monoisotopic (exact) mass is 756 g/mol. The maximum absolute atomic E-state index is 12.5. The standard InChI is InChI=1S/C24H36O3S.C21H21O3S/c25-28(26,27)24-22(19-12-6-2-7-13-19)16-21(18-10-4-1-5-11-18)17-23(24)20-14-8-3-9-15-20;1-22-16-7-4-10-19(13-16)25(20-11-5-8-17(14-20)23-2)21-12-6-9-18(15-21)24-3/h16-20H,1-15H2,(H,25,26,27);4-15H,1-3H3/q;+1/p-1. The van der Waals surface area contributed by atoms with E-state index in [-0.39, 0.29) is 27.6 Å². The minimum atomic E-state index is -4.46. The van der Waals surface area contributed by atoms with E-state index in [0.717, 1.165) is 79.7 Å². The number of ether oxygens (including phenoxy) is 3. The number of benzene rings is 4. The first-order valence-electron chi connectivity index (χ1n) is 19.6. The van der Waals surface area contributed by atoms with E-state index in [0.29, 0.717) is 5.92 Å². The molecule has 0 radical (unpaired) electrons. The summed E-state index contributed by atoms with van der Waals surface area (Å²) >= 11 is 0. The molecule has 4 aromatic rings. The number of hydrogen-bond donors (Lipinski definition) is 0. The van der Waals surface area contributed by atoms with Crippen molar-refractivity contribution in [2.75, 3.05) is 21.3 Å². The summed E-state index contributed by atoms with van der Waals surface area (Å²) in [6.45, 7) is 0. The molecule has 0 spiro atoms. The summed E-state index contributed by atoms with van der Waals surface area (Å²) in [4.78, 5) is 3.73. The average Bonchev–Trinajstić information content (AvgIpc) is 3.21. The summed E-state index contributed by atoms with van der Waals surface area (Å²) in [5.41, 5.74) is 3.10. The van der Waals surface area contributed by atoms with Crippen LogP contribution >= 0.6 is 0 Å². The van der Waals surface area contributed by atoms with Crippen molar-refractivity contribution in [3.63, 3.8) is 0 Å². The third-order valence-corrected chi connectivity index (χ3v) is 14.6. The normalized spacial score (nSPS) is 17.5. The molecule has 3 aliphatic rings. The van der Waals surface area contributed by atoms with Gasteiger partial charge in [-0.1, -0.05) is 88.1 Å². The lowest BCUT2D eigenvalue weighted by molar-refractivity contribution is 0.411. The third kappa shape index (κ3) is 10.00. The van der Waals surface area contributed by atoms with Crippen LogP contribution in [0.5, 0.6) is 17.2 Å². The minimum absolute atomic E-state index is 0.186. The molecule has 0 atom stereocenters. The van der Waals surface area contributed by atoms with Gasteiger partial charge in [-0.05, 0) is 109 Å². The molecule has 3 saturated carbocycles. The molecule has 4 aromatic carbocycles. The number of rotatable bonds is 10. The van der Waals surface area contributed by atoms with Gasteiger partial charge in [0.25, 0.3) is 0 Å². The smallest absolute Gasteiger partial charge is 0.170 e. The molecular formula is C45H56O6S2. The zero-order valence-corrected chi connectivity index (χ0v) is 33.3. The van der Waals surface area contributed by atoms with E-state index < -0.39 is 10.1 Å². The zero-order valence-electron chi connectivity index (χ0n) is 31.7. The average molecular weight is 757 g/mol. The molecule has 0 N–H and O–H groups in total. The molecular weight excluding hydrogens is 701 g/mol. The van der Waals surface area contributed by atoms with Crippen molar-refractivity contribution in [2.24, 2.45) is 0 Å². The van der Waals surface area contributed by atoms with E-state index in [1.54, 1.807) is 21.3 Å². The van der Waals surface area contributed by atoms with E-state index in [1.807, 2.05) is 36.4 Å². The Hall–Kier alpha value is -3.46. The summed E-state index contributed by atoms with van der Waals surface area (Å²) < 4.78 is 53.7. The summed E-state index contributed by atoms with van der Waals surface area (Å²) in [6.07, 6.45) is 17.4. The Balaban J connectivity index is 0.000000183. The molecule has 53 heavy (non-hydrogen) atoms. The molecule has 8 heteroatoms. The highest BCUT2D eigenvalue weighted by Crippen LogP contribution is 2.45. The van der Waals surface area contributed by atoms with Gasteiger partial charge in [-0.25, -0.2) is 8.42 Å². The molecule has 0 unspecified atom stereocenters. The van der Waals surface area contributed by atoms with Gasteiger partial charge in [0.1, 0.15) is 27.4 Å². The van der Waals surface area contributed by atoms with Crippen LogP contribution in [-0.4, -0.2) is 34.3 Å². The van der Waals surface area contributed by atoms with Gasteiger partial charge in [-0.3, -0.25) is 0 Å². The Labute approximate surface area is 320 Å². The van der Waals surface area contributed by atoms with Crippen LogP contribution in [0.2, 0.25) is 0 Å². The summed E-state index contributed by atoms with van der Waals surface area (Å²) in [7, 11) is 0.316. The molecule has 3 fully saturated rings. The van der Waals surface area contributed by atoms with E-state index in [9.17, 15) is 13.0 Å². The van der Waals surface area contributed by atoms with E-state index in [1.165, 1.54) is 65.2 Å². The van der Waals surface area contributed by atoms with Gasteiger partial charge in [0.15, 0.2) is 14.7 Å². The second kappa shape index (κ2) is 18.7. The summed E-state index contributed by atoms with van der Waals surface area (Å²) in [5, 5.41) is 0. The lowest BCUT2D eigenvalue weighted by Crippen LogP contribution is -2.18. The van der Waals surface area contributed by atoms with Crippen molar-refractivity contribution in [2.45, 2.75) is 134 Å². The van der Waals surface area contributed by atoms with Crippen LogP contribution in [0.1, 0.15) is 131 Å². The van der Waals surface area contributed by atoms with Crippen LogP contribution in [0.4, 0.5) is 0 Å². The number of methoxy groups -OCH3 is 3. The molecule has 0 bridgehead atoms. The van der Waals surface area contributed by atoms with E-state index in [4.69, 9.17) is 14.2 Å². The molecule has 0 aromatic heterocycles. The van der Waals surface area contributed by atoms with Gasteiger partial charge >= 0.3 is 0 Å². The maximum atomic E-state index is 12.5. The fraction of sp³-hybridized carbons (Fsp3) is 0.467. The Morgan fingerprint density at radius 2 is 0.849 bits per heavy atom. The Kier molecular flexibility index (Phi) is 13.9. The van der Waals surface area contributed by atoms with Gasteiger partial charge in [0.05, 0.1) is 37.1 Å². The molecule has 0 saturated heterocycles. The van der Waals surface area contributed by atoms with Crippen LogP contribution < -0.4 is 14.2 Å². The Morgan fingerprint density at radius 1 is 0.509 bits per heavy atom. The lowest BCUT2D eigenvalue weighted by Gasteiger charge is -2.33. The predicted molar refractivity (Wildman–Crippen MR) is 213 cm³/mol. The van der Waals surface area contributed by atoms with Crippen LogP contribution in [0, 0.1) is 0 Å². The predicted octanol–water partition coefficient (Wildman–Crippen LogP) is 11.5. The molecule has 0 aliphatic heterocycles. The molecule has 3 aliphatic carbocycles. The fourth-order valence-electron chi connectivity index (χ4n) is 8.69. The van der Waals surface area contributed by atoms with Crippen LogP contribution in [0.15, 0.2) is 105 Å². The van der Waals surface area contributed by atoms with Crippen molar-refractivity contribution < 1.29 is 27.2 Å². The van der Waals surface area contributed by atoms with Gasteiger partial charge in [0.2, 0.25) is 0 Å². The first-order chi connectivity index (χ1) is 25.8. The second-order valence-electron chi connectivity index (χ2n) is 14.8. The van der Waals surface area contributed by atoms with E-state index in [2.05, 4.69) is 48.5 Å². The molecule has 6 nitrogen and oxygen atoms in total. The largest absolute Gasteiger partial charge is 0.744 e. The quantitative estimate of drug-likeness (QED) is 0.118. The maximum Gasteiger partial charge on any atom is 0.170 e. The topological polar surface area (TPSA) is 84.9 Å². The van der Waals surface area contributed by atoms with Crippen molar-refractivity contribution in [3.05, 3.63) is 102 Å². The highest BCUT2D eigenvalue weighted by Gasteiger charge is 2.31. The summed E-state index contributed by atoms with van der Waals surface area (Å²) in [5.74, 6) is 3.58. The highest BCUT2D eigenvalue weighted by molar-refractivity contribution is 7.97. The Bertz CT molecular complexity index is 1740. The lowest BCUT2D eigenvalue weighted by atomic mass is 9.76. The SMILES string of the molecule is COc1cccc([S+](c2cccc(OC)c2)c2cccc(OC)c2)c1.O=S(=O)([O-])c1c(C2CCCCC2)cc(C2CCCCC2)cc1C1CCCCC1. The van der Waals surface area contributed by atoms with Gasteiger partial charge < -0.3 is 18.8 Å². The van der Waals surface area contributed by atoms with Crippen molar-refractivity contribution in [1.82, 2.24) is 0 Å². The van der Waals surface area contributed by atoms with Crippen molar-refractivity contribution in [3.8, 4) is 17.2 Å².